The van der Waals surface area contributed by atoms with Crippen LogP contribution < -0.4 is 24.4 Å². The smallest absolute Gasteiger partial charge is 0.338 e. The molecule has 1 N–H and O–H groups in total. The van der Waals surface area contributed by atoms with Crippen LogP contribution in [0.5, 0.6) is 17.2 Å². The monoisotopic (exact) mass is 620 g/mol. The van der Waals surface area contributed by atoms with Crippen molar-refractivity contribution < 1.29 is 24.1 Å². The highest BCUT2D eigenvalue weighted by atomic mass is 127. The van der Waals surface area contributed by atoms with Crippen molar-refractivity contribution in [3.05, 3.63) is 82.1 Å². The predicted octanol–water partition coefficient (Wildman–Crippen LogP) is 3.52. The van der Waals surface area contributed by atoms with Crippen molar-refractivity contribution in [1.82, 2.24) is 4.57 Å². The molecule has 8 nitrogen and oxygen atoms in total. The summed E-state index contributed by atoms with van der Waals surface area (Å²) in [7, 11) is 1.58. The number of carbonyl (C=O) groups excluding carboxylic acids is 1. The molecule has 0 amide bonds. The molecule has 4 rings (SSSR count). The Labute approximate surface area is 225 Å². The third-order valence-electron chi connectivity index (χ3n) is 5.60. The molecule has 1 aliphatic heterocycles. The van der Waals surface area contributed by atoms with Crippen LogP contribution in [0.4, 0.5) is 0 Å². The van der Waals surface area contributed by atoms with E-state index in [0.717, 1.165) is 5.56 Å². The molecule has 188 valence electrons. The molecule has 3 aromatic rings. The van der Waals surface area contributed by atoms with Gasteiger partial charge in [0, 0.05) is 0 Å². The normalized spacial score (nSPS) is 15.4. The molecule has 0 saturated carbocycles. The van der Waals surface area contributed by atoms with Crippen molar-refractivity contribution in [1.29, 1.82) is 0 Å². The first-order chi connectivity index (χ1) is 17.3. The number of aromatic hydroxyl groups is 1. The number of halogens is 1. The van der Waals surface area contributed by atoms with Crippen molar-refractivity contribution in [2.24, 2.45) is 4.99 Å². The van der Waals surface area contributed by atoms with Gasteiger partial charge in [-0.1, -0.05) is 23.5 Å². The molecule has 0 aliphatic carbocycles. The Morgan fingerprint density at radius 3 is 2.58 bits per heavy atom. The Balaban J connectivity index is 1.93. The van der Waals surface area contributed by atoms with Crippen LogP contribution in [0.2, 0.25) is 0 Å². The molecule has 1 atom stereocenters. The van der Waals surface area contributed by atoms with Gasteiger partial charge in [-0.15, -0.1) is 0 Å². The molecule has 2 heterocycles. The lowest BCUT2D eigenvalue weighted by Gasteiger charge is -2.24. The van der Waals surface area contributed by atoms with Gasteiger partial charge in [0.05, 0.1) is 45.7 Å². The summed E-state index contributed by atoms with van der Waals surface area (Å²) in [5, 5.41) is 10.3. The predicted molar refractivity (Wildman–Crippen MR) is 145 cm³/mol. The summed E-state index contributed by atoms with van der Waals surface area (Å²) in [6, 6.07) is 9.99. The summed E-state index contributed by atoms with van der Waals surface area (Å²) in [5.41, 5.74) is 1.97. The number of benzene rings is 2. The van der Waals surface area contributed by atoms with Crippen LogP contribution in [0, 0.1) is 3.57 Å². The molecule has 0 radical (unpaired) electrons. The van der Waals surface area contributed by atoms with Gasteiger partial charge >= 0.3 is 5.97 Å². The number of esters is 1. The van der Waals surface area contributed by atoms with Gasteiger partial charge in [-0.3, -0.25) is 9.36 Å². The van der Waals surface area contributed by atoms with E-state index in [1.807, 2.05) is 41.6 Å². The van der Waals surface area contributed by atoms with Crippen LogP contribution >= 0.6 is 33.9 Å². The topological polar surface area (TPSA) is 99.4 Å². The van der Waals surface area contributed by atoms with Crippen LogP contribution in [-0.4, -0.2) is 36.0 Å². The van der Waals surface area contributed by atoms with Crippen molar-refractivity contribution in [3.8, 4) is 17.2 Å². The molecular formula is C26H25IN2O6S. The lowest BCUT2D eigenvalue weighted by Crippen LogP contribution is -2.39. The number of carbonyl (C=O) groups is 1. The van der Waals surface area contributed by atoms with E-state index in [9.17, 15) is 14.7 Å². The van der Waals surface area contributed by atoms with E-state index in [2.05, 4.69) is 4.99 Å². The fraction of sp³-hybridized carbons (Fsp3) is 0.269. The summed E-state index contributed by atoms with van der Waals surface area (Å²) in [5.74, 6) is 0.560. The third kappa shape index (κ3) is 4.92. The third-order valence-corrected chi connectivity index (χ3v) is 7.40. The molecule has 0 bridgehead atoms. The van der Waals surface area contributed by atoms with E-state index < -0.39 is 12.0 Å². The number of phenolic OH excluding ortho intramolecular Hbond substituents is 1. The SMILES string of the molecule is CCOC(=O)C1=C(C)N=c2s/c(=C\c3cc(I)c(O)c(OCC)c3)c(=O)n2[C@@H]1c1ccc(OC)cc1. The van der Waals surface area contributed by atoms with Crippen molar-refractivity contribution >= 4 is 46.0 Å². The van der Waals surface area contributed by atoms with Crippen LogP contribution in [0.25, 0.3) is 6.08 Å². The van der Waals surface area contributed by atoms with Crippen molar-refractivity contribution in [3.63, 3.8) is 0 Å². The Kier molecular flexibility index (Phi) is 7.84. The highest BCUT2D eigenvalue weighted by Crippen LogP contribution is 2.33. The zero-order valence-corrected chi connectivity index (χ0v) is 23.2. The summed E-state index contributed by atoms with van der Waals surface area (Å²) < 4.78 is 18.7. The molecular weight excluding hydrogens is 595 g/mol. The minimum Gasteiger partial charge on any atom is -0.504 e. The first kappa shape index (κ1) is 26.0. The molecule has 2 aromatic carbocycles. The average molecular weight is 620 g/mol. The maximum Gasteiger partial charge on any atom is 0.338 e. The Morgan fingerprint density at radius 2 is 1.94 bits per heavy atom. The first-order valence-electron chi connectivity index (χ1n) is 11.3. The summed E-state index contributed by atoms with van der Waals surface area (Å²) in [6.07, 6.45) is 1.74. The maximum absolute atomic E-state index is 13.7. The molecule has 0 saturated heterocycles. The molecule has 1 aromatic heterocycles. The van der Waals surface area contributed by atoms with Gasteiger partial charge in [-0.05, 0) is 84.8 Å². The molecule has 0 spiro atoms. The maximum atomic E-state index is 13.7. The lowest BCUT2D eigenvalue weighted by atomic mass is 9.96. The number of phenols is 1. The minimum atomic E-state index is -0.702. The fourth-order valence-corrected chi connectivity index (χ4v) is 5.66. The zero-order valence-electron chi connectivity index (χ0n) is 20.2. The van der Waals surface area contributed by atoms with Gasteiger partial charge in [-0.2, -0.15) is 0 Å². The van der Waals surface area contributed by atoms with E-state index in [1.165, 1.54) is 15.9 Å². The number of methoxy groups -OCH3 is 1. The average Bonchev–Trinajstić information content (AvgIpc) is 3.15. The second kappa shape index (κ2) is 10.9. The van der Waals surface area contributed by atoms with Crippen molar-refractivity contribution in [2.75, 3.05) is 20.3 Å². The highest BCUT2D eigenvalue weighted by molar-refractivity contribution is 14.1. The molecule has 10 heteroatoms. The Bertz CT molecular complexity index is 1520. The van der Waals surface area contributed by atoms with Crippen LogP contribution in [0.1, 0.15) is 37.9 Å². The van der Waals surface area contributed by atoms with E-state index in [-0.39, 0.29) is 17.9 Å². The van der Waals surface area contributed by atoms with Crippen molar-refractivity contribution in [2.45, 2.75) is 26.8 Å². The van der Waals surface area contributed by atoms with Crippen LogP contribution in [0.3, 0.4) is 0 Å². The van der Waals surface area contributed by atoms with Gasteiger partial charge in [0.15, 0.2) is 16.3 Å². The second-order valence-corrected chi connectivity index (χ2v) is 10.0. The van der Waals surface area contributed by atoms with Crippen LogP contribution in [-0.2, 0) is 9.53 Å². The van der Waals surface area contributed by atoms with E-state index in [0.29, 0.717) is 47.8 Å². The summed E-state index contributed by atoms with van der Waals surface area (Å²) in [6.45, 7) is 5.92. The Hall–Kier alpha value is -3.12. The molecule has 1 aliphatic rings. The zero-order chi connectivity index (χ0) is 26.0. The van der Waals surface area contributed by atoms with Gasteiger partial charge in [0.25, 0.3) is 5.56 Å². The quantitative estimate of drug-likeness (QED) is 0.321. The van der Waals surface area contributed by atoms with Gasteiger partial charge in [0.2, 0.25) is 0 Å². The largest absolute Gasteiger partial charge is 0.504 e. The highest BCUT2D eigenvalue weighted by Gasteiger charge is 2.33. The summed E-state index contributed by atoms with van der Waals surface area (Å²) >= 11 is 3.26. The summed E-state index contributed by atoms with van der Waals surface area (Å²) in [4.78, 5) is 31.8. The standard InChI is InChI=1S/C26H25IN2O6S/c1-5-34-19-12-15(11-18(27)23(19)30)13-20-24(31)29-22(16-7-9-17(33-4)10-8-16)21(25(32)35-6-2)14(3)28-26(29)36-20/h7-13,22,30H,5-6H2,1-4H3/b20-13-/t22-/m1/s1. The first-order valence-corrected chi connectivity index (χ1v) is 13.2. The number of aromatic nitrogens is 1. The van der Waals surface area contributed by atoms with E-state index in [4.69, 9.17) is 14.2 Å². The van der Waals surface area contributed by atoms with E-state index in [1.54, 1.807) is 51.3 Å². The lowest BCUT2D eigenvalue weighted by molar-refractivity contribution is -0.139. The van der Waals surface area contributed by atoms with Crippen LogP contribution in [0.15, 0.2) is 57.5 Å². The number of nitrogens with zero attached hydrogens (tertiary/aromatic N) is 2. The van der Waals surface area contributed by atoms with Gasteiger partial charge in [-0.25, -0.2) is 9.79 Å². The number of ether oxygens (including phenoxy) is 3. The number of fused-ring (bicyclic) bond motifs is 1. The van der Waals surface area contributed by atoms with Gasteiger partial charge < -0.3 is 19.3 Å². The Morgan fingerprint density at radius 1 is 1.22 bits per heavy atom. The number of thiazole rings is 1. The molecule has 0 fully saturated rings. The number of rotatable bonds is 7. The number of allylic oxidation sites excluding steroid dienone is 1. The molecule has 0 unspecified atom stereocenters. The van der Waals surface area contributed by atoms with Gasteiger partial charge in [0.1, 0.15) is 5.75 Å². The fourth-order valence-electron chi connectivity index (χ4n) is 3.99. The molecule has 36 heavy (non-hydrogen) atoms. The minimum absolute atomic E-state index is 0.0604. The number of hydrogen-bond acceptors (Lipinski definition) is 8. The number of hydrogen-bond donors (Lipinski definition) is 1. The second-order valence-electron chi connectivity index (χ2n) is 7.86. The van der Waals surface area contributed by atoms with E-state index >= 15 is 0 Å².